The molecule has 2 aliphatic rings. The van der Waals surface area contributed by atoms with Crippen LogP contribution in [0.1, 0.15) is 15.9 Å². The second kappa shape index (κ2) is 5.01. The topological polar surface area (TPSA) is 52.7 Å². The van der Waals surface area contributed by atoms with Gasteiger partial charge in [-0.1, -0.05) is 6.07 Å². The molecule has 2 fully saturated rings. The lowest BCUT2D eigenvalue weighted by Crippen LogP contribution is -2.53. The molecule has 6 heteroatoms. The first-order valence-electron chi connectivity index (χ1n) is 6.69. The highest BCUT2D eigenvalue weighted by molar-refractivity contribution is 7.80. The Labute approximate surface area is 123 Å². The van der Waals surface area contributed by atoms with Crippen molar-refractivity contribution in [2.45, 2.75) is 17.9 Å². The van der Waals surface area contributed by atoms with E-state index in [-0.39, 0.29) is 18.0 Å². The summed E-state index contributed by atoms with van der Waals surface area (Å²) in [7, 11) is 0. The van der Waals surface area contributed by atoms with Crippen LogP contribution in [0.2, 0.25) is 0 Å². The van der Waals surface area contributed by atoms with E-state index in [1.165, 1.54) is 0 Å². The van der Waals surface area contributed by atoms with E-state index in [0.29, 0.717) is 31.7 Å². The molecule has 0 aromatic heterocycles. The van der Waals surface area contributed by atoms with Crippen molar-refractivity contribution in [2.75, 3.05) is 26.2 Å². The minimum Gasteiger partial charge on any atom is -0.336 e. The van der Waals surface area contributed by atoms with Crippen LogP contribution in [0.25, 0.3) is 0 Å². The van der Waals surface area contributed by atoms with Crippen LogP contribution in [0.15, 0.2) is 23.1 Å². The van der Waals surface area contributed by atoms with Gasteiger partial charge in [-0.3, -0.25) is 4.79 Å². The molecule has 0 bridgehead atoms. The maximum Gasteiger partial charge on any atom is 0.317 e. The average Bonchev–Trinajstić information content (AvgIpc) is 2.82. The second-order valence-corrected chi connectivity index (χ2v) is 5.80. The van der Waals surface area contributed by atoms with Crippen LogP contribution in [0.4, 0.5) is 4.79 Å². The summed E-state index contributed by atoms with van der Waals surface area (Å²) in [5.74, 6) is 0.0254. The van der Waals surface area contributed by atoms with E-state index in [2.05, 4.69) is 17.9 Å². The molecule has 1 atom stereocenters. The molecule has 2 heterocycles. The zero-order chi connectivity index (χ0) is 14.3. The van der Waals surface area contributed by atoms with Gasteiger partial charge in [-0.2, -0.15) is 0 Å². The quantitative estimate of drug-likeness (QED) is 0.762. The van der Waals surface area contributed by atoms with E-state index in [4.69, 9.17) is 0 Å². The van der Waals surface area contributed by atoms with Gasteiger partial charge < -0.3 is 15.1 Å². The van der Waals surface area contributed by atoms with Crippen molar-refractivity contribution in [2.24, 2.45) is 0 Å². The molecule has 1 unspecified atom stereocenters. The highest BCUT2D eigenvalue weighted by atomic mass is 32.1. The molecule has 2 saturated heterocycles. The summed E-state index contributed by atoms with van der Waals surface area (Å²) in [5, 5.41) is 2.82. The lowest BCUT2D eigenvalue weighted by molar-refractivity contribution is 0.0616. The van der Waals surface area contributed by atoms with Crippen LogP contribution in [-0.2, 0) is 0 Å². The second-order valence-electron chi connectivity index (χ2n) is 5.28. The fourth-order valence-corrected chi connectivity index (χ4v) is 3.00. The summed E-state index contributed by atoms with van der Waals surface area (Å²) in [5.41, 5.74) is 1.65. The Hall–Kier alpha value is -1.69. The normalized spacial score (nSPS) is 21.7. The number of aryl methyl sites for hydroxylation is 1. The van der Waals surface area contributed by atoms with Gasteiger partial charge in [-0.05, 0) is 24.6 Å². The predicted molar refractivity (Wildman–Crippen MR) is 78.2 cm³/mol. The number of carbonyl (C=O) groups excluding carboxylic acids is 2. The lowest BCUT2D eigenvalue weighted by atomic mass is 10.1. The molecule has 0 radical (unpaired) electrons. The standard InChI is InChI=1S/C14H17N3O2S/c1-9-2-3-11(20)6-12(9)13(18)16-4-5-17-10(8-16)7-15-14(17)19/h2-3,6,10,20H,4-5,7-8H2,1H3,(H,15,19). The molecule has 3 rings (SSSR count). The maximum atomic E-state index is 12.6. The van der Waals surface area contributed by atoms with E-state index in [0.717, 1.165) is 10.5 Å². The van der Waals surface area contributed by atoms with Gasteiger partial charge >= 0.3 is 6.03 Å². The molecule has 3 amide bonds. The number of amides is 3. The monoisotopic (exact) mass is 291 g/mol. The molecule has 1 aromatic rings. The smallest absolute Gasteiger partial charge is 0.317 e. The maximum absolute atomic E-state index is 12.6. The molecule has 5 nitrogen and oxygen atoms in total. The number of rotatable bonds is 1. The Kier molecular flexibility index (Phi) is 3.33. The Morgan fingerprint density at radius 3 is 3.00 bits per heavy atom. The van der Waals surface area contributed by atoms with Gasteiger partial charge in [0.25, 0.3) is 5.91 Å². The first kappa shape index (κ1) is 13.3. The SMILES string of the molecule is Cc1ccc(S)cc1C(=O)N1CCN2C(=O)NCC2C1. The Morgan fingerprint density at radius 2 is 2.20 bits per heavy atom. The lowest BCUT2D eigenvalue weighted by Gasteiger charge is -2.36. The molecule has 0 spiro atoms. The molecular formula is C14H17N3O2S. The molecule has 1 N–H and O–H groups in total. The molecule has 106 valence electrons. The molecule has 2 aliphatic heterocycles. The zero-order valence-electron chi connectivity index (χ0n) is 11.3. The van der Waals surface area contributed by atoms with Gasteiger partial charge in [0.1, 0.15) is 0 Å². The predicted octanol–water partition coefficient (Wildman–Crippen LogP) is 1.13. The number of hydrogen-bond donors (Lipinski definition) is 2. The van der Waals surface area contributed by atoms with Gasteiger partial charge in [0, 0.05) is 36.6 Å². The Morgan fingerprint density at radius 1 is 1.40 bits per heavy atom. The number of piperazine rings is 1. The zero-order valence-corrected chi connectivity index (χ0v) is 12.2. The van der Waals surface area contributed by atoms with Crippen LogP contribution >= 0.6 is 12.6 Å². The van der Waals surface area contributed by atoms with E-state index in [1.54, 1.807) is 0 Å². The number of hydrogen-bond acceptors (Lipinski definition) is 3. The van der Waals surface area contributed by atoms with Crippen molar-refractivity contribution in [3.63, 3.8) is 0 Å². The van der Waals surface area contributed by atoms with Crippen molar-refractivity contribution in [1.82, 2.24) is 15.1 Å². The third-order valence-corrected chi connectivity index (χ3v) is 4.25. The van der Waals surface area contributed by atoms with Crippen LogP contribution in [0.3, 0.4) is 0 Å². The van der Waals surface area contributed by atoms with Gasteiger partial charge in [-0.25, -0.2) is 4.79 Å². The first-order valence-corrected chi connectivity index (χ1v) is 7.14. The first-order chi connectivity index (χ1) is 9.56. The van der Waals surface area contributed by atoms with Gasteiger partial charge in [0.05, 0.1) is 6.04 Å². The van der Waals surface area contributed by atoms with Crippen molar-refractivity contribution >= 4 is 24.6 Å². The fraction of sp³-hybridized carbons (Fsp3) is 0.429. The fourth-order valence-electron chi connectivity index (χ4n) is 2.80. The number of urea groups is 1. The minimum absolute atomic E-state index is 0.0179. The van der Waals surface area contributed by atoms with Crippen molar-refractivity contribution in [3.05, 3.63) is 29.3 Å². The summed E-state index contributed by atoms with van der Waals surface area (Å²) in [6.45, 7) is 4.32. The molecular weight excluding hydrogens is 274 g/mol. The third kappa shape index (κ3) is 2.24. The molecule has 1 aromatic carbocycles. The number of fused-ring (bicyclic) bond motifs is 1. The summed E-state index contributed by atoms with van der Waals surface area (Å²) in [4.78, 5) is 28.6. The molecule has 0 saturated carbocycles. The summed E-state index contributed by atoms with van der Waals surface area (Å²) >= 11 is 4.30. The summed E-state index contributed by atoms with van der Waals surface area (Å²) < 4.78 is 0. The van der Waals surface area contributed by atoms with E-state index in [1.807, 2.05) is 34.9 Å². The van der Waals surface area contributed by atoms with Crippen molar-refractivity contribution < 1.29 is 9.59 Å². The highest BCUT2D eigenvalue weighted by Crippen LogP contribution is 2.20. The number of nitrogens with one attached hydrogen (secondary N) is 1. The number of benzene rings is 1. The van der Waals surface area contributed by atoms with E-state index < -0.39 is 0 Å². The van der Waals surface area contributed by atoms with Crippen LogP contribution in [0.5, 0.6) is 0 Å². The van der Waals surface area contributed by atoms with E-state index in [9.17, 15) is 9.59 Å². The summed E-state index contributed by atoms with van der Waals surface area (Å²) in [6, 6.07) is 5.68. The van der Waals surface area contributed by atoms with E-state index >= 15 is 0 Å². The number of thiol groups is 1. The summed E-state index contributed by atoms with van der Waals surface area (Å²) in [6.07, 6.45) is 0. The number of carbonyl (C=O) groups is 2. The average molecular weight is 291 g/mol. The number of nitrogens with zero attached hydrogens (tertiary/aromatic N) is 2. The van der Waals surface area contributed by atoms with Gasteiger partial charge in [0.15, 0.2) is 0 Å². The third-order valence-electron chi connectivity index (χ3n) is 3.97. The van der Waals surface area contributed by atoms with Crippen molar-refractivity contribution in [3.8, 4) is 0 Å². The van der Waals surface area contributed by atoms with Crippen LogP contribution < -0.4 is 5.32 Å². The highest BCUT2D eigenvalue weighted by Gasteiger charge is 2.37. The van der Waals surface area contributed by atoms with Crippen LogP contribution in [0, 0.1) is 6.92 Å². The van der Waals surface area contributed by atoms with Crippen LogP contribution in [-0.4, -0.2) is 54.0 Å². The van der Waals surface area contributed by atoms with Crippen molar-refractivity contribution in [1.29, 1.82) is 0 Å². The minimum atomic E-state index is -0.0179. The molecule has 0 aliphatic carbocycles. The largest absolute Gasteiger partial charge is 0.336 e. The van der Waals surface area contributed by atoms with Gasteiger partial charge in [-0.15, -0.1) is 12.6 Å². The molecule has 20 heavy (non-hydrogen) atoms. The Bertz CT molecular complexity index is 576. The Balaban J connectivity index is 1.78. The van der Waals surface area contributed by atoms with Gasteiger partial charge in [0.2, 0.25) is 0 Å².